The van der Waals surface area contributed by atoms with Gasteiger partial charge in [0, 0.05) is 12.1 Å². The van der Waals surface area contributed by atoms with Crippen molar-refractivity contribution < 1.29 is 14.7 Å². The van der Waals surface area contributed by atoms with Gasteiger partial charge in [-0.05, 0) is 25.3 Å². The summed E-state index contributed by atoms with van der Waals surface area (Å²) in [6.45, 7) is 4.30. The molecule has 5 heteroatoms. The van der Waals surface area contributed by atoms with Crippen molar-refractivity contribution in [3.8, 4) is 0 Å². The summed E-state index contributed by atoms with van der Waals surface area (Å²) in [4.78, 5) is 23.4. The van der Waals surface area contributed by atoms with E-state index in [1.54, 1.807) is 6.92 Å². The lowest BCUT2D eigenvalue weighted by Gasteiger charge is -2.33. The van der Waals surface area contributed by atoms with Crippen LogP contribution in [0.4, 0.5) is 0 Å². The third kappa shape index (κ3) is 2.55. The Labute approximate surface area is 107 Å². The number of nitrogens with one attached hydrogen (secondary N) is 1. The summed E-state index contributed by atoms with van der Waals surface area (Å²) in [5, 5.41) is 12.8. The number of rotatable bonds is 5. The van der Waals surface area contributed by atoms with E-state index in [1.807, 2.05) is 6.92 Å². The van der Waals surface area contributed by atoms with Crippen LogP contribution in [0, 0.1) is 5.41 Å². The molecule has 18 heavy (non-hydrogen) atoms. The predicted octanol–water partition coefficient (Wildman–Crippen LogP) is 1.17. The van der Waals surface area contributed by atoms with Gasteiger partial charge < -0.3 is 16.2 Å². The highest BCUT2D eigenvalue weighted by atomic mass is 16.3. The van der Waals surface area contributed by atoms with Crippen LogP contribution in [0.15, 0.2) is 23.5 Å². The van der Waals surface area contributed by atoms with E-state index in [2.05, 4.69) is 5.32 Å². The van der Waals surface area contributed by atoms with Crippen molar-refractivity contribution in [1.82, 2.24) is 5.32 Å². The SMILES string of the molecule is CCCNC(=O)C1(CC)CC(C(N)=O)=CC=C1O. The van der Waals surface area contributed by atoms with Gasteiger partial charge in [-0.25, -0.2) is 0 Å². The van der Waals surface area contributed by atoms with E-state index in [0.717, 1.165) is 6.42 Å². The molecule has 100 valence electrons. The zero-order chi connectivity index (χ0) is 13.8. The predicted molar refractivity (Wildman–Crippen MR) is 68.6 cm³/mol. The molecule has 0 aromatic carbocycles. The fourth-order valence-corrected chi connectivity index (χ4v) is 2.05. The van der Waals surface area contributed by atoms with Crippen LogP contribution < -0.4 is 11.1 Å². The van der Waals surface area contributed by atoms with Crippen LogP contribution in [0.5, 0.6) is 0 Å². The molecule has 0 bridgehead atoms. The number of amides is 2. The molecule has 4 N–H and O–H groups in total. The Morgan fingerprint density at radius 1 is 1.44 bits per heavy atom. The molecule has 1 unspecified atom stereocenters. The van der Waals surface area contributed by atoms with Crippen LogP contribution in [0.1, 0.15) is 33.1 Å². The van der Waals surface area contributed by atoms with Gasteiger partial charge in [-0.3, -0.25) is 9.59 Å². The topological polar surface area (TPSA) is 92.4 Å². The molecular formula is C13H20N2O3. The Hall–Kier alpha value is -1.78. The smallest absolute Gasteiger partial charge is 0.244 e. The summed E-state index contributed by atoms with van der Waals surface area (Å²) >= 11 is 0. The van der Waals surface area contributed by atoms with Crippen molar-refractivity contribution in [2.75, 3.05) is 6.54 Å². The number of hydrogen-bond acceptors (Lipinski definition) is 3. The Morgan fingerprint density at radius 2 is 2.11 bits per heavy atom. The van der Waals surface area contributed by atoms with E-state index in [-0.39, 0.29) is 18.1 Å². The molecule has 0 aromatic heterocycles. The molecule has 1 rings (SSSR count). The zero-order valence-electron chi connectivity index (χ0n) is 10.8. The highest BCUT2D eigenvalue weighted by Gasteiger charge is 2.43. The van der Waals surface area contributed by atoms with Gasteiger partial charge in [-0.2, -0.15) is 0 Å². The third-order valence-electron chi connectivity index (χ3n) is 3.32. The van der Waals surface area contributed by atoms with E-state index >= 15 is 0 Å². The average Bonchev–Trinajstić information content (AvgIpc) is 2.36. The fourth-order valence-electron chi connectivity index (χ4n) is 2.05. The van der Waals surface area contributed by atoms with Crippen molar-refractivity contribution in [3.63, 3.8) is 0 Å². The molecule has 1 atom stereocenters. The van der Waals surface area contributed by atoms with Crippen LogP contribution in [0.2, 0.25) is 0 Å². The fraction of sp³-hybridized carbons (Fsp3) is 0.538. The van der Waals surface area contributed by atoms with Crippen molar-refractivity contribution in [1.29, 1.82) is 0 Å². The van der Waals surface area contributed by atoms with Gasteiger partial charge in [0.25, 0.3) is 0 Å². The van der Waals surface area contributed by atoms with Gasteiger partial charge in [0.2, 0.25) is 11.8 Å². The maximum atomic E-state index is 12.2. The lowest BCUT2D eigenvalue weighted by molar-refractivity contribution is -0.131. The summed E-state index contributed by atoms with van der Waals surface area (Å²) in [5.41, 5.74) is 4.54. The summed E-state index contributed by atoms with van der Waals surface area (Å²) < 4.78 is 0. The number of carbonyl (C=O) groups excluding carboxylic acids is 2. The van der Waals surface area contributed by atoms with Gasteiger partial charge in [0.15, 0.2) is 0 Å². The van der Waals surface area contributed by atoms with Crippen LogP contribution in [0.3, 0.4) is 0 Å². The van der Waals surface area contributed by atoms with Gasteiger partial charge in [0.1, 0.15) is 11.2 Å². The quantitative estimate of drug-likeness (QED) is 0.685. The van der Waals surface area contributed by atoms with Crippen molar-refractivity contribution >= 4 is 11.8 Å². The molecule has 1 aliphatic carbocycles. The molecule has 1 aliphatic rings. The second-order valence-corrected chi connectivity index (χ2v) is 4.48. The van der Waals surface area contributed by atoms with E-state index < -0.39 is 11.3 Å². The highest BCUT2D eigenvalue weighted by Crippen LogP contribution is 2.39. The first-order valence-electron chi connectivity index (χ1n) is 6.16. The number of hydrogen-bond donors (Lipinski definition) is 3. The molecule has 0 spiro atoms. The van der Waals surface area contributed by atoms with E-state index in [1.165, 1.54) is 12.2 Å². The monoisotopic (exact) mass is 252 g/mol. The molecule has 0 saturated carbocycles. The molecule has 0 aromatic rings. The molecule has 2 amide bonds. The minimum absolute atomic E-state index is 0.0106. The van der Waals surface area contributed by atoms with Gasteiger partial charge in [0.05, 0.1) is 0 Å². The first-order valence-corrected chi connectivity index (χ1v) is 6.16. The number of allylic oxidation sites excluding steroid dienone is 2. The maximum Gasteiger partial charge on any atom is 0.244 e. The van der Waals surface area contributed by atoms with Crippen molar-refractivity contribution in [2.45, 2.75) is 33.1 Å². The summed E-state index contributed by atoms with van der Waals surface area (Å²) in [7, 11) is 0. The van der Waals surface area contributed by atoms with Crippen LogP contribution >= 0.6 is 0 Å². The normalized spacial score (nSPS) is 23.0. The zero-order valence-corrected chi connectivity index (χ0v) is 10.8. The average molecular weight is 252 g/mol. The molecule has 0 heterocycles. The summed E-state index contributed by atoms with van der Waals surface area (Å²) in [5.74, 6) is -0.823. The van der Waals surface area contributed by atoms with Gasteiger partial charge >= 0.3 is 0 Å². The van der Waals surface area contributed by atoms with Crippen molar-refractivity contribution in [2.24, 2.45) is 11.1 Å². The number of nitrogens with two attached hydrogens (primary N) is 1. The Bertz CT molecular complexity index is 412. The highest BCUT2D eigenvalue weighted by molar-refractivity contribution is 5.95. The molecule has 0 aliphatic heterocycles. The maximum absolute atomic E-state index is 12.2. The second kappa shape index (κ2) is 5.71. The Kier molecular flexibility index (Phi) is 4.53. The minimum atomic E-state index is -1.06. The van der Waals surface area contributed by atoms with Crippen LogP contribution in [-0.2, 0) is 9.59 Å². The van der Waals surface area contributed by atoms with Gasteiger partial charge in [-0.1, -0.05) is 19.9 Å². The van der Waals surface area contributed by atoms with E-state index in [9.17, 15) is 14.7 Å². The first-order chi connectivity index (χ1) is 8.47. The minimum Gasteiger partial charge on any atom is -0.511 e. The number of aliphatic hydroxyl groups excluding tert-OH is 1. The summed E-state index contributed by atoms with van der Waals surface area (Å²) in [6, 6.07) is 0. The second-order valence-electron chi connectivity index (χ2n) is 4.48. The molecule has 5 nitrogen and oxygen atoms in total. The molecule has 0 fully saturated rings. The number of aliphatic hydroxyl groups is 1. The standard InChI is InChI=1S/C13H20N2O3/c1-3-7-15-12(18)13(4-2)8-9(11(14)17)5-6-10(13)16/h5-6,16H,3-4,7-8H2,1-2H3,(H2,14,17)(H,15,18). The molecule has 0 saturated heterocycles. The van der Waals surface area contributed by atoms with Crippen LogP contribution in [0.25, 0.3) is 0 Å². The lowest BCUT2D eigenvalue weighted by Crippen LogP contribution is -2.44. The van der Waals surface area contributed by atoms with E-state index in [0.29, 0.717) is 18.5 Å². The largest absolute Gasteiger partial charge is 0.511 e. The first kappa shape index (κ1) is 14.3. The lowest BCUT2D eigenvalue weighted by atomic mass is 9.73. The van der Waals surface area contributed by atoms with Crippen LogP contribution in [-0.4, -0.2) is 23.5 Å². The Balaban J connectivity index is 3.01. The number of carbonyl (C=O) groups is 2. The third-order valence-corrected chi connectivity index (χ3v) is 3.32. The number of primary amides is 1. The van der Waals surface area contributed by atoms with E-state index in [4.69, 9.17) is 5.73 Å². The van der Waals surface area contributed by atoms with Gasteiger partial charge in [-0.15, -0.1) is 0 Å². The molecular weight excluding hydrogens is 232 g/mol. The Morgan fingerprint density at radius 3 is 2.61 bits per heavy atom. The van der Waals surface area contributed by atoms with Crippen molar-refractivity contribution in [3.05, 3.63) is 23.5 Å². The summed E-state index contributed by atoms with van der Waals surface area (Å²) in [6.07, 6.45) is 4.23. The molecule has 0 radical (unpaired) electrons.